The monoisotopic (exact) mass is 213 g/mol. The number of hydrogen-bond donors (Lipinski definition) is 1. The molecule has 1 N–H and O–H groups in total. The molecule has 0 aliphatic heterocycles. The molecule has 0 saturated carbocycles. The maximum atomic E-state index is 3.68. The summed E-state index contributed by atoms with van der Waals surface area (Å²) < 4.78 is 0. The Hall–Kier alpha value is -0.0400. The molecule has 1 atom stereocenters. The number of unbranched alkanes of at least 4 members (excludes halogenated alkanes) is 4. The van der Waals surface area contributed by atoms with Crippen molar-refractivity contribution < 1.29 is 0 Å². The van der Waals surface area contributed by atoms with Crippen LogP contribution in [-0.2, 0) is 0 Å². The molecule has 0 heterocycles. The van der Waals surface area contributed by atoms with E-state index < -0.39 is 0 Å². The van der Waals surface area contributed by atoms with Crippen molar-refractivity contribution in [3.05, 3.63) is 0 Å². The highest BCUT2D eigenvalue weighted by Gasteiger charge is 2.05. The lowest BCUT2D eigenvalue weighted by atomic mass is 10.0. The topological polar surface area (TPSA) is 12.0 Å². The summed E-state index contributed by atoms with van der Waals surface area (Å²) >= 11 is 0. The van der Waals surface area contributed by atoms with Crippen molar-refractivity contribution >= 4 is 0 Å². The highest BCUT2D eigenvalue weighted by molar-refractivity contribution is 4.66. The minimum atomic E-state index is 0.793. The fourth-order valence-corrected chi connectivity index (χ4v) is 1.96. The molecule has 0 fully saturated rings. The second kappa shape index (κ2) is 12.0. The third kappa shape index (κ3) is 10.2. The largest absolute Gasteiger partial charge is 0.314 e. The van der Waals surface area contributed by atoms with Gasteiger partial charge < -0.3 is 5.32 Å². The third-order valence-electron chi connectivity index (χ3n) is 3.00. The van der Waals surface area contributed by atoms with Crippen molar-refractivity contribution in [2.45, 2.75) is 84.6 Å². The van der Waals surface area contributed by atoms with E-state index in [-0.39, 0.29) is 0 Å². The van der Waals surface area contributed by atoms with Crippen LogP contribution in [0.2, 0.25) is 0 Å². The van der Waals surface area contributed by atoms with Crippen LogP contribution in [-0.4, -0.2) is 12.6 Å². The van der Waals surface area contributed by atoms with Gasteiger partial charge >= 0.3 is 0 Å². The first-order valence-corrected chi connectivity index (χ1v) is 7.08. The summed E-state index contributed by atoms with van der Waals surface area (Å²) in [4.78, 5) is 0. The SMILES string of the molecule is CCCCCCC(CCCC)NCCC. The summed E-state index contributed by atoms with van der Waals surface area (Å²) in [5, 5.41) is 3.68. The first kappa shape index (κ1) is 15.0. The second-order valence-electron chi connectivity index (χ2n) is 4.64. The smallest absolute Gasteiger partial charge is 0.00670 e. The number of hydrogen-bond acceptors (Lipinski definition) is 1. The molecular weight excluding hydrogens is 182 g/mol. The Morgan fingerprint density at radius 1 is 0.733 bits per heavy atom. The predicted octanol–water partition coefficient (Wildman–Crippen LogP) is 4.52. The number of rotatable bonds is 11. The molecule has 0 aromatic heterocycles. The summed E-state index contributed by atoms with van der Waals surface area (Å²) in [6.45, 7) is 8.01. The molecule has 1 unspecified atom stereocenters. The van der Waals surface area contributed by atoms with E-state index in [9.17, 15) is 0 Å². The Morgan fingerprint density at radius 2 is 1.40 bits per heavy atom. The lowest BCUT2D eigenvalue weighted by Gasteiger charge is -2.18. The van der Waals surface area contributed by atoms with Crippen molar-refractivity contribution in [2.75, 3.05) is 6.54 Å². The molecule has 0 aliphatic rings. The number of nitrogens with one attached hydrogen (secondary N) is 1. The van der Waals surface area contributed by atoms with Gasteiger partial charge in [-0.15, -0.1) is 0 Å². The molecule has 0 amide bonds. The average molecular weight is 213 g/mol. The first-order chi connectivity index (χ1) is 7.35. The Bertz CT molecular complexity index is 104. The molecule has 0 bridgehead atoms. The highest BCUT2D eigenvalue weighted by Crippen LogP contribution is 2.10. The Labute approximate surface area is 97.0 Å². The van der Waals surface area contributed by atoms with E-state index in [0.717, 1.165) is 6.04 Å². The van der Waals surface area contributed by atoms with Gasteiger partial charge in [0, 0.05) is 6.04 Å². The van der Waals surface area contributed by atoms with Gasteiger partial charge in [-0.2, -0.15) is 0 Å². The van der Waals surface area contributed by atoms with E-state index in [4.69, 9.17) is 0 Å². The lowest BCUT2D eigenvalue weighted by Crippen LogP contribution is -2.29. The van der Waals surface area contributed by atoms with E-state index >= 15 is 0 Å². The van der Waals surface area contributed by atoms with Crippen LogP contribution < -0.4 is 5.32 Å². The van der Waals surface area contributed by atoms with Crippen molar-refractivity contribution in [1.29, 1.82) is 0 Å². The molecule has 0 saturated heterocycles. The summed E-state index contributed by atoms with van der Waals surface area (Å²) in [5.41, 5.74) is 0. The van der Waals surface area contributed by atoms with Gasteiger partial charge in [0.25, 0.3) is 0 Å². The molecule has 0 aromatic carbocycles. The standard InChI is InChI=1S/C14H31N/c1-4-7-9-10-12-14(11-8-5-2)15-13-6-3/h14-15H,4-13H2,1-3H3. The highest BCUT2D eigenvalue weighted by atomic mass is 14.9. The van der Waals surface area contributed by atoms with E-state index in [1.807, 2.05) is 0 Å². The van der Waals surface area contributed by atoms with Crippen LogP contribution in [0.4, 0.5) is 0 Å². The summed E-state index contributed by atoms with van der Waals surface area (Å²) in [6, 6.07) is 0.793. The molecule has 1 nitrogen and oxygen atoms in total. The minimum Gasteiger partial charge on any atom is -0.314 e. The van der Waals surface area contributed by atoms with Gasteiger partial charge in [0.2, 0.25) is 0 Å². The van der Waals surface area contributed by atoms with Crippen LogP contribution in [0, 0.1) is 0 Å². The molecule has 0 rings (SSSR count). The summed E-state index contributed by atoms with van der Waals surface area (Å²) in [6.07, 6.45) is 12.3. The van der Waals surface area contributed by atoms with Gasteiger partial charge in [-0.05, 0) is 25.8 Å². The van der Waals surface area contributed by atoms with Gasteiger partial charge in [0.15, 0.2) is 0 Å². The molecule has 0 aliphatic carbocycles. The Balaban J connectivity index is 3.49. The maximum absolute atomic E-state index is 3.68. The van der Waals surface area contributed by atoms with Crippen LogP contribution in [0.5, 0.6) is 0 Å². The van der Waals surface area contributed by atoms with E-state index in [0.29, 0.717) is 0 Å². The average Bonchev–Trinajstić information content (AvgIpc) is 2.27. The van der Waals surface area contributed by atoms with Crippen molar-refractivity contribution in [1.82, 2.24) is 5.32 Å². The summed E-state index contributed by atoms with van der Waals surface area (Å²) in [7, 11) is 0. The van der Waals surface area contributed by atoms with Crippen molar-refractivity contribution in [2.24, 2.45) is 0 Å². The zero-order valence-electron chi connectivity index (χ0n) is 11.1. The second-order valence-corrected chi connectivity index (χ2v) is 4.64. The van der Waals surface area contributed by atoms with E-state index in [2.05, 4.69) is 26.1 Å². The van der Waals surface area contributed by atoms with Crippen molar-refractivity contribution in [3.63, 3.8) is 0 Å². The normalized spacial score (nSPS) is 13.0. The zero-order valence-corrected chi connectivity index (χ0v) is 11.1. The predicted molar refractivity (Wildman–Crippen MR) is 70.4 cm³/mol. The van der Waals surface area contributed by atoms with Crippen LogP contribution in [0.25, 0.3) is 0 Å². The van der Waals surface area contributed by atoms with Gasteiger partial charge in [0.05, 0.1) is 0 Å². The molecule has 0 radical (unpaired) electrons. The lowest BCUT2D eigenvalue weighted by molar-refractivity contribution is 0.421. The molecule has 0 spiro atoms. The fourth-order valence-electron chi connectivity index (χ4n) is 1.96. The maximum Gasteiger partial charge on any atom is 0.00670 e. The fraction of sp³-hybridized carbons (Fsp3) is 1.00. The molecule has 15 heavy (non-hydrogen) atoms. The van der Waals surface area contributed by atoms with Crippen LogP contribution >= 0.6 is 0 Å². The van der Waals surface area contributed by atoms with Gasteiger partial charge in [-0.25, -0.2) is 0 Å². The van der Waals surface area contributed by atoms with Gasteiger partial charge in [-0.3, -0.25) is 0 Å². The quantitative estimate of drug-likeness (QED) is 0.498. The molecule has 0 aromatic rings. The van der Waals surface area contributed by atoms with E-state index in [1.165, 1.54) is 64.3 Å². The zero-order chi connectivity index (χ0) is 11.4. The van der Waals surface area contributed by atoms with Crippen LogP contribution in [0.1, 0.15) is 78.6 Å². The Morgan fingerprint density at radius 3 is 2.00 bits per heavy atom. The molecule has 1 heteroatoms. The first-order valence-electron chi connectivity index (χ1n) is 7.08. The molecule has 92 valence electrons. The Kier molecular flexibility index (Phi) is 12.0. The van der Waals surface area contributed by atoms with Gasteiger partial charge in [0.1, 0.15) is 0 Å². The van der Waals surface area contributed by atoms with E-state index in [1.54, 1.807) is 0 Å². The van der Waals surface area contributed by atoms with Crippen LogP contribution in [0.3, 0.4) is 0 Å². The minimum absolute atomic E-state index is 0.793. The van der Waals surface area contributed by atoms with Gasteiger partial charge in [-0.1, -0.05) is 59.3 Å². The third-order valence-corrected chi connectivity index (χ3v) is 3.00. The summed E-state index contributed by atoms with van der Waals surface area (Å²) in [5.74, 6) is 0. The van der Waals surface area contributed by atoms with Crippen LogP contribution in [0.15, 0.2) is 0 Å². The molecular formula is C14H31N. The van der Waals surface area contributed by atoms with Crippen molar-refractivity contribution in [3.8, 4) is 0 Å².